The van der Waals surface area contributed by atoms with Crippen LogP contribution in [0.1, 0.15) is 16.7 Å². The number of nitrogens with one attached hydrogen (secondary N) is 2. The fourth-order valence-corrected chi connectivity index (χ4v) is 2.12. The molecule has 0 aliphatic rings. The lowest BCUT2D eigenvalue weighted by Gasteiger charge is -2.11. The standard InChI is InChI=1S/C18H22N2O2/c1-13-5-4-6-17(14(13)2)19-12-18(21)20-11-15-7-9-16(22-3)10-8-15/h4-10,19H,11-12H2,1-3H3,(H,20,21). The summed E-state index contributed by atoms with van der Waals surface area (Å²) in [4.78, 5) is 11.9. The number of carbonyl (C=O) groups is 1. The third-order valence-electron chi connectivity index (χ3n) is 3.69. The predicted molar refractivity (Wildman–Crippen MR) is 89.2 cm³/mol. The summed E-state index contributed by atoms with van der Waals surface area (Å²) in [6, 6.07) is 13.7. The average Bonchev–Trinajstić information content (AvgIpc) is 2.54. The lowest BCUT2D eigenvalue weighted by atomic mass is 10.1. The van der Waals surface area contributed by atoms with Crippen LogP contribution in [0.3, 0.4) is 0 Å². The summed E-state index contributed by atoms with van der Waals surface area (Å²) in [7, 11) is 1.63. The van der Waals surface area contributed by atoms with E-state index in [1.807, 2.05) is 43.3 Å². The number of methoxy groups -OCH3 is 1. The van der Waals surface area contributed by atoms with Crippen molar-refractivity contribution in [2.24, 2.45) is 0 Å². The number of hydrogen-bond acceptors (Lipinski definition) is 3. The van der Waals surface area contributed by atoms with Crippen molar-refractivity contribution in [2.75, 3.05) is 19.0 Å². The first-order chi connectivity index (χ1) is 10.6. The fraction of sp³-hybridized carbons (Fsp3) is 0.278. The van der Waals surface area contributed by atoms with Gasteiger partial charge in [0.2, 0.25) is 5.91 Å². The van der Waals surface area contributed by atoms with E-state index in [-0.39, 0.29) is 12.5 Å². The summed E-state index contributed by atoms with van der Waals surface area (Å²) in [5, 5.41) is 6.07. The predicted octanol–water partition coefficient (Wildman–Crippen LogP) is 3.04. The van der Waals surface area contributed by atoms with E-state index in [0.717, 1.165) is 17.0 Å². The Kier molecular flexibility index (Phi) is 5.42. The van der Waals surface area contributed by atoms with Crippen LogP contribution in [0.2, 0.25) is 0 Å². The molecule has 0 aliphatic heterocycles. The highest BCUT2D eigenvalue weighted by Gasteiger charge is 2.04. The molecular formula is C18H22N2O2. The van der Waals surface area contributed by atoms with Crippen LogP contribution >= 0.6 is 0 Å². The highest BCUT2D eigenvalue weighted by molar-refractivity contribution is 5.81. The second-order valence-corrected chi connectivity index (χ2v) is 5.23. The minimum atomic E-state index is -0.0308. The number of aryl methyl sites for hydroxylation is 1. The van der Waals surface area contributed by atoms with Gasteiger partial charge in [-0.3, -0.25) is 4.79 Å². The molecule has 2 N–H and O–H groups in total. The molecule has 0 fully saturated rings. The van der Waals surface area contributed by atoms with Crippen molar-refractivity contribution in [3.63, 3.8) is 0 Å². The van der Waals surface area contributed by atoms with Crippen molar-refractivity contribution in [1.82, 2.24) is 5.32 Å². The topological polar surface area (TPSA) is 50.4 Å². The molecule has 2 rings (SSSR count). The lowest BCUT2D eigenvalue weighted by Crippen LogP contribution is -2.29. The normalized spacial score (nSPS) is 10.1. The first kappa shape index (κ1) is 15.9. The molecule has 2 aromatic rings. The molecule has 4 nitrogen and oxygen atoms in total. The smallest absolute Gasteiger partial charge is 0.239 e. The Balaban J connectivity index is 1.81. The highest BCUT2D eigenvalue weighted by Crippen LogP contribution is 2.17. The number of ether oxygens (including phenoxy) is 1. The second kappa shape index (κ2) is 7.50. The molecule has 0 saturated heterocycles. The Hall–Kier alpha value is -2.49. The molecule has 0 radical (unpaired) electrons. The van der Waals surface area contributed by atoms with Gasteiger partial charge < -0.3 is 15.4 Å². The molecule has 0 bridgehead atoms. The Morgan fingerprint density at radius 2 is 1.82 bits per heavy atom. The zero-order valence-corrected chi connectivity index (χ0v) is 13.3. The number of anilines is 1. The van der Waals surface area contributed by atoms with Crippen molar-refractivity contribution in [1.29, 1.82) is 0 Å². The van der Waals surface area contributed by atoms with Crippen molar-refractivity contribution in [2.45, 2.75) is 20.4 Å². The summed E-state index contributed by atoms with van der Waals surface area (Å²) >= 11 is 0. The minimum Gasteiger partial charge on any atom is -0.497 e. The van der Waals surface area contributed by atoms with E-state index in [1.165, 1.54) is 11.1 Å². The van der Waals surface area contributed by atoms with Gasteiger partial charge in [0.05, 0.1) is 13.7 Å². The van der Waals surface area contributed by atoms with Crippen molar-refractivity contribution in [3.8, 4) is 5.75 Å². The Morgan fingerprint density at radius 3 is 2.50 bits per heavy atom. The molecule has 0 unspecified atom stereocenters. The highest BCUT2D eigenvalue weighted by atomic mass is 16.5. The average molecular weight is 298 g/mol. The maximum Gasteiger partial charge on any atom is 0.239 e. The number of hydrogen-bond donors (Lipinski definition) is 2. The van der Waals surface area contributed by atoms with Crippen LogP contribution in [-0.4, -0.2) is 19.6 Å². The van der Waals surface area contributed by atoms with E-state index < -0.39 is 0 Å². The molecule has 0 saturated carbocycles. The summed E-state index contributed by atoms with van der Waals surface area (Å²) in [6.07, 6.45) is 0. The van der Waals surface area contributed by atoms with Gasteiger partial charge >= 0.3 is 0 Å². The van der Waals surface area contributed by atoms with Crippen molar-refractivity contribution >= 4 is 11.6 Å². The van der Waals surface area contributed by atoms with Crippen molar-refractivity contribution in [3.05, 3.63) is 59.2 Å². The van der Waals surface area contributed by atoms with E-state index in [1.54, 1.807) is 7.11 Å². The van der Waals surface area contributed by atoms with Gasteiger partial charge in [-0.1, -0.05) is 24.3 Å². The van der Waals surface area contributed by atoms with Gasteiger partial charge in [0.25, 0.3) is 0 Å². The number of rotatable bonds is 6. The molecule has 0 heterocycles. The maximum absolute atomic E-state index is 11.9. The number of carbonyl (C=O) groups excluding carboxylic acids is 1. The molecule has 4 heteroatoms. The minimum absolute atomic E-state index is 0.0308. The summed E-state index contributed by atoms with van der Waals surface area (Å²) in [5.41, 5.74) is 4.43. The van der Waals surface area contributed by atoms with E-state index in [4.69, 9.17) is 4.74 Å². The van der Waals surface area contributed by atoms with Crippen molar-refractivity contribution < 1.29 is 9.53 Å². The quantitative estimate of drug-likeness (QED) is 0.862. The second-order valence-electron chi connectivity index (χ2n) is 5.23. The largest absolute Gasteiger partial charge is 0.497 e. The fourth-order valence-electron chi connectivity index (χ4n) is 2.12. The van der Waals surface area contributed by atoms with Crippen LogP contribution in [0, 0.1) is 13.8 Å². The third kappa shape index (κ3) is 4.25. The van der Waals surface area contributed by atoms with Crippen LogP contribution in [0.4, 0.5) is 5.69 Å². The SMILES string of the molecule is COc1ccc(CNC(=O)CNc2cccc(C)c2C)cc1. The number of benzene rings is 2. The Labute approximate surface area is 131 Å². The lowest BCUT2D eigenvalue weighted by molar-refractivity contribution is -0.119. The molecule has 0 aromatic heterocycles. The van der Waals surface area contributed by atoms with Gasteiger partial charge in [0.1, 0.15) is 5.75 Å². The zero-order chi connectivity index (χ0) is 15.9. The first-order valence-corrected chi connectivity index (χ1v) is 7.30. The van der Waals surface area contributed by atoms with Gasteiger partial charge in [-0.25, -0.2) is 0 Å². The molecule has 22 heavy (non-hydrogen) atoms. The van der Waals surface area contributed by atoms with Gasteiger partial charge in [-0.15, -0.1) is 0 Å². The van der Waals surface area contributed by atoms with Gasteiger partial charge in [-0.05, 0) is 48.7 Å². The van der Waals surface area contributed by atoms with Crippen LogP contribution < -0.4 is 15.4 Å². The van der Waals surface area contributed by atoms with E-state index in [9.17, 15) is 4.79 Å². The molecule has 0 spiro atoms. The molecule has 2 aromatic carbocycles. The van der Waals surface area contributed by atoms with Gasteiger partial charge in [-0.2, -0.15) is 0 Å². The third-order valence-corrected chi connectivity index (χ3v) is 3.69. The van der Waals surface area contributed by atoms with Crippen LogP contribution in [-0.2, 0) is 11.3 Å². The van der Waals surface area contributed by atoms with Gasteiger partial charge in [0.15, 0.2) is 0 Å². The number of amides is 1. The molecule has 0 aliphatic carbocycles. The summed E-state index contributed by atoms with van der Waals surface area (Å²) in [5.74, 6) is 0.781. The molecular weight excluding hydrogens is 276 g/mol. The van der Waals surface area contributed by atoms with E-state index in [0.29, 0.717) is 6.54 Å². The monoisotopic (exact) mass is 298 g/mol. The summed E-state index contributed by atoms with van der Waals surface area (Å²) < 4.78 is 5.11. The molecule has 1 amide bonds. The van der Waals surface area contributed by atoms with Gasteiger partial charge in [0, 0.05) is 12.2 Å². The van der Waals surface area contributed by atoms with E-state index in [2.05, 4.69) is 23.6 Å². The Morgan fingerprint density at radius 1 is 1.09 bits per heavy atom. The van der Waals surface area contributed by atoms with Crippen LogP contribution in [0.5, 0.6) is 5.75 Å². The maximum atomic E-state index is 11.9. The van der Waals surface area contributed by atoms with Crippen LogP contribution in [0.15, 0.2) is 42.5 Å². The molecule has 116 valence electrons. The Bertz CT molecular complexity index is 636. The zero-order valence-electron chi connectivity index (χ0n) is 13.3. The first-order valence-electron chi connectivity index (χ1n) is 7.30. The summed E-state index contributed by atoms with van der Waals surface area (Å²) in [6.45, 7) is 4.88. The van der Waals surface area contributed by atoms with E-state index >= 15 is 0 Å². The van der Waals surface area contributed by atoms with Crippen LogP contribution in [0.25, 0.3) is 0 Å². The molecule has 0 atom stereocenters.